The first-order chi connectivity index (χ1) is 11.9. The van der Waals surface area contributed by atoms with Gasteiger partial charge in [-0.2, -0.15) is 0 Å². The average Bonchev–Trinajstić information content (AvgIpc) is 2.86. The molecule has 0 radical (unpaired) electrons. The molecule has 1 heterocycles. The van der Waals surface area contributed by atoms with Crippen LogP contribution in [0.2, 0.25) is 0 Å². The molecule has 0 saturated heterocycles. The predicted octanol–water partition coefficient (Wildman–Crippen LogP) is 2.55. The predicted molar refractivity (Wildman–Crippen MR) is 85.2 cm³/mol. The van der Waals surface area contributed by atoms with Crippen LogP contribution in [0.15, 0.2) is 48.2 Å². The molecule has 0 unspecified atom stereocenters. The van der Waals surface area contributed by atoms with Crippen molar-refractivity contribution in [3.05, 3.63) is 59.8 Å². The van der Waals surface area contributed by atoms with Gasteiger partial charge in [-0.1, -0.05) is 12.1 Å². The van der Waals surface area contributed by atoms with Crippen molar-refractivity contribution in [3.8, 4) is 11.5 Å². The van der Waals surface area contributed by atoms with Crippen LogP contribution in [-0.2, 0) is 9.59 Å². The van der Waals surface area contributed by atoms with Gasteiger partial charge in [0.05, 0.1) is 12.8 Å². The summed E-state index contributed by atoms with van der Waals surface area (Å²) < 4.78 is 31.9. The number of ether oxygens (including phenoxy) is 1. The normalized spacial score (nSPS) is 13.9. The Labute approximate surface area is 140 Å². The molecule has 1 aliphatic rings. The van der Waals surface area contributed by atoms with Crippen molar-refractivity contribution in [2.45, 2.75) is 0 Å². The van der Waals surface area contributed by atoms with Gasteiger partial charge in [0.15, 0.2) is 17.4 Å². The Hall–Kier alpha value is -3.42. The first-order valence-electron chi connectivity index (χ1n) is 7.10. The standard InChI is InChI=1S/C17H12F2N2O4/c1-25-14-5-3-2-4-13(14)21-15(22)8-12(17(21)24)20-9-6-10(18)16(23)11(19)7-9/h2-8,20,23H,1H3. The molecular weight excluding hydrogens is 334 g/mol. The lowest BCUT2D eigenvalue weighted by Crippen LogP contribution is -2.32. The van der Waals surface area contributed by atoms with E-state index >= 15 is 0 Å². The van der Waals surface area contributed by atoms with Crippen molar-refractivity contribution in [2.24, 2.45) is 0 Å². The highest BCUT2D eigenvalue weighted by Crippen LogP contribution is 2.32. The first kappa shape index (κ1) is 16.4. The summed E-state index contributed by atoms with van der Waals surface area (Å²) in [7, 11) is 1.40. The zero-order valence-electron chi connectivity index (χ0n) is 12.9. The van der Waals surface area contributed by atoms with Gasteiger partial charge in [-0.3, -0.25) is 9.59 Å². The van der Waals surface area contributed by atoms with Gasteiger partial charge in [-0.25, -0.2) is 13.7 Å². The molecule has 0 fully saturated rings. The molecule has 2 aromatic rings. The second-order valence-corrected chi connectivity index (χ2v) is 5.12. The number of para-hydroxylation sites is 2. The second kappa shape index (κ2) is 6.23. The van der Waals surface area contributed by atoms with E-state index in [1.165, 1.54) is 13.2 Å². The van der Waals surface area contributed by atoms with Gasteiger partial charge in [0, 0.05) is 23.9 Å². The van der Waals surface area contributed by atoms with E-state index in [2.05, 4.69) is 5.32 Å². The topological polar surface area (TPSA) is 78.9 Å². The van der Waals surface area contributed by atoms with Crippen LogP contribution in [0.5, 0.6) is 11.5 Å². The summed E-state index contributed by atoms with van der Waals surface area (Å²) in [5.74, 6) is -4.52. The zero-order chi connectivity index (χ0) is 18.1. The number of nitrogens with zero attached hydrogens (tertiary/aromatic N) is 1. The summed E-state index contributed by atoms with van der Waals surface area (Å²) in [6.45, 7) is 0. The lowest BCUT2D eigenvalue weighted by Gasteiger charge is -2.18. The number of phenolic OH excluding ortho intramolecular Hbond substituents is 1. The smallest absolute Gasteiger partial charge is 0.282 e. The maximum absolute atomic E-state index is 13.4. The number of rotatable bonds is 4. The number of carbonyl (C=O) groups excluding carboxylic acids is 2. The minimum absolute atomic E-state index is 0.123. The maximum atomic E-state index is 13.4. The van der Waals surface area contributed by atoms with Crippen LogP contribution in [0.3, 0.4) is 0 Å². The fraction of sp³-hybridized carbons (Fsp3) is 0.0588. The maximum Gasteiger partial charge on any atom is 0.282 e. The summed E-state index contributed by atoms with van der Waals surface area (Å²) >= 11 is 0. The molecule has 3 rings (SSSR count). The number of hydrogen-bond donors (Lipinski definition) is 2. The molecule has 25 heavy (non-hydrogen) atoms. The lowest BCUT2D eigenvalue weighted by atomic mass is 10.2. The number of hydrogen-bond acceptors (Lipinski definition) is 5. The largest absolute Gasteiger partial charge is 0.503 e. The van der Waals surface area contributed by atoms with Gasteiger partial charge in [-0.05, 0) is 12.1 Å². The number of imide groups is 1. The van der Waals surface area contributed by atoms with E-state index in [4.69, 9.17) is 9.84 Å². The zero-order valence-corrected chi connectivity index (χ0v) is 12.9. The van der Waals surface area contributed by atoms with Crippen molar-refractivity contribution in [1.29, 1.82) is 0 Å². The molecule has 0 saturated carbocycles. The third kappa shape index (κ3) is 2.89. The number of amides is 2. The van der Waals surface area contributed by atoms with Crippen molar-refractivity contribution >= 4 is 23.2 Å². The number of anilines is 2. The van der Waals surface area contributed by atoms with Crippen LogP contribution in [0.25, 0.3) is 0 Å². The van der Waals surface area contributed by atoms with Crippen LogP contribution in [0.4, 0.5) is 20.2 Å². The Morgan fingerprint density at radius 2 is 1.76 bits per heavy atom. The van der Waals surface area contributed by atoms with Crippen LogP contribution >= 0.6 is 0 Å². The molecule has 0 atom stereocenters. The molecule has 8 heteroatoms. The van der Waals surface area contributed by atoms with E-state index in [0.717, 1.165) is 23.1 Å². The molecule has 2 N–H and O–H groups in total. The van der Waals surface area contributed by atoms with Crippen molar-refractivity contribution < 1.29 is 28.2 Å². The Balaban J connectivity index is 1.90. The average molecular weight is 346 g/mol. The van der Waals surface area contributed by atoms with Crippen LogP contribution in [0.1, 0.15) is 0 Å². The summed E-state index contributed by atoms with van der Waals surface area (Å²) in [6, 6.07) is 8.05. The van der Waals surface area contributed by atoms with E-state index in [1.807, 2.05) is 0 Å². The molecular formula is C17H12F2N2O4. The van der Waals surface area contributed by atoms with Gasteiger partial charge in [0.25, 0.3) is 11.8 Å². The Kier molecular flexibility index (Phi) is 4.10. The summed E-state index contributed by atoms with van der Waals surface area (Å²) in [5.41, 5.74) is -0.0430. The monoisotopic (exact) mass is 346 g/mol. The number of benzene rings is 2. The molecule has 1 aliphatic heterocycles. The van der Waals surface area contributed by atoms with E-state index in [0.29, 0.717) is 5.75 Å². The van der Waals surface area contributed by atoms with E-state index in [9.17, 15) is 18.4 Å². The highest BCUT2D eigenvalue weighted by molar-refractivity contribution is 6.31. The molecule has 2 amide bonds. The molecule has 2 aromatic carbocycles. The fourth-order valence-electron chi connectivity index (χ4n) is 2.40. The van der Waals surface area contributed by atoms with Crippen molar-refractivity contribution in [1.82, 2.24) is 0 Å². The fourth-order valence-corrected chi connectivity index (χ4v) is 2.40. The number of nitrogens with one attached hydrogen (secondary N) is 1. The minimum Gasteiger partial charge on any atom is -0.503 e. The summed E-state index contributed by atoms with van der Waals surface area (Å²) in [4.78, 5) is 25.6. The third-order valence-corrected chi connectivity index (χ3v) is 3.54. The molecule has 0 aliphatic carbocycles. The third-order valence-electron chi connectivity index (χ3n) is 3.54. The molecule has 0 aromatic heterocycles. The van der Waals surface area contributed by atoms with Gasteiger partial charge in [0.1, 0.15) is 11.4 Å². The Morgan fingerprint density at radius 3 is 2.40 bits per heavy atom. The van der Waals surface area contributed by atoms with E-state index in [-0.39, 0.29) is 17.1 Å². The van der Waals surface area contributed by atoms with Crippen molar-refractivity contribution in [3.63, 3.8) is 0 Å². The first-order valence-corrected chi connectivity index (χ1v) is 7.10. The quantitative estimate of drug-likeness (QED) is 0.657. The van der Waals surface area contributed by atoms with Crippen LogP contribution < -0.4 is 15.0 Å². The summed E-state index contributed by atoms with van der Waals surface area (Å²) in [5, 5.41) is 11.6. The van der Waals surface area contributed by atoms with Gasteiger partial charge < -0.3 is 15.2 Å². The minimum atomic E-state index is -1.19. The number of phenols is 1. The SMILES string of the molecule is COc1ccccc1N1C(=O)C=C(Nc2cc(F)c(O)c(F)c2)C1=O. The molecule has 0 bridgehead atoms. The molecule has 0 spiro atoms. The van der Waals surface area contributed by atoms with Gasteiger partial charge in [0.2, 0.25) is 0 Å². The number of halogens is 2. The molecule has 6 nitrogen and oxygen atoms in total. The Morgan fingerprint density at radius 1 is 1.12 bits per heavy atom. The van der Waals surface area contributed by atoms with Gasteiger partial charge >= 0.3 is 0 Å². The number of aromatic hydroxyl groups is 1. The van der Waals surface area contributed by atoms with E-state index < -0.39 is 29.2 Å². The molecule has 128 valence electrons. The number of carbonyl (C=O) groups is 2. The van der Waals surface area contributed by atoms with Crippen molar-refractivity contribution in [2.75, 3.05) is 17.3 Å². The number of methoxy groups -OCH3 is 1. The van der Waals surface area contributed by atoms with Crippen LogP contribution in [0, 0.1) is 11.6 Å². The second-order valence-electron chi connectivity index (χ2n) is 5.12. The van der Waals surface area contributed by atoms with Crippen LogP contribution in [-0.4, -0.2) is 24.0 Å². The van der Waals surface area contributed by atoms with Gasteiger partial charge in [-0.15, -0.1) is 0 Å². The highest BCUT2D eigenvalue weighted by atomic mass is 19.1. The summed E-state index contributed by atoms with van der Waals surface area (Å²) in [6.07, 6.45) is 1.01. The Bertz CT molecular complexity index is 888. The highest BCUT2D eigenvalue weighted by Gasteiger charge is 2.34. The lowest BCUT2D eigenvalue weighted by molar-refractivity contribution is -0.120. The van der Waals surface area contributed by atoms with E-state index in [1.54, 1.807) is 18.2 Å².